The molecule has 2 aliphatic rings. The van der Waals surface area contributed by atoms with Crippen LogP contribution >= 0.6 is 11.3 Å². The predicted molar refractivity (Wildman–Crippen MR) is 105 cm³/mol. The molecule has 1 amide bonds. The van der Waals surface area contributed by atoms with E-state index in [0.717, 1.165) is 17.1 Å². The highest BCUT2D eigenvalue weighted by molar-refractivity contribution is 7.91. The van der Waals surface area contributed by atoms with Crippen LogP contribution in [0.1, 0.15) is 24.8 Å². The molecule has 3 heterocycles. The Kier molecular flexibility index (Phi) is 5.56. The van der Waals surface area contributed by atoms with E-state index in [4.69, 9.17) is 9.47 Å². The van der Waals surface area contributed by atoms with Crippen molar-refractivity contribution in [2.24, 2.45) is 0 Å². The monoisotopic (exact) mass is 422 g/mol. The van der Waals surface area contributed by atoms with Gasteiger partial charge in [-0.2, -0.15) is 0 Å². The molecule has 0 spiro atoms. The number of fused-ring (bicyclic) bond motifs is 1. The van der Waals surface area contributed by atoms with Crippen molar-refractivity contribution in [3.05, 3.63) is 41.3 Å². The van der Waals surface area contributed by atoms with Gasteiger partial charge in [-0.05, 0) is 48.4 Å². The predicted octanol–water partition coefficient (Wildman–Crippen LogP) is 2.38. The molecule has 1 aromatic carbocycles. The zero-order valence-electron chi connectivity index (χ0n) is 15.3. The van der Waals surface area contributed by atoms with Gasteiger partial charge in [0.1, 0.15) is 4.21 Å². The van der Waals surface area contributed by atoms with Gasteiger partial charge in [0.2, 0.25) is 22.7 Å². The lowest BCUT2D eigenvalue weighted by atomic mass is 10.0. The second kappa shape index (κ2) is 8.10. The maximum atomic E-state index is 12.5. The summed E-state index contributed by atoms with van der Waals surface area (Å²) >= 11 is 1.20. The number of amides is 1. The number of nitrogens with one attached hydrogen (secondary N) is 1. The molecule has 7 nitrogen and oxygen atoms in total. The van der Waals surface area contributed by atoms with Crippen LogP contribution in [0.4, 0.5) is 0 Å². The van der Waals surface area contributed by atoms with Gasteiger partial charge in [0.15, 0.2) is 11.5 Å². The number of hydrogen-bond acceptors (Lipinski definition) is 6. The molecule has 1 aromatic heterocycles. The summed E-state index contributed by atoms with van der Waals surface area (Å²) in [7, 11) is -3.46. The first-order chi connectivity index (χ1) is 13.5. The maximum Gasteiger partial charge on any atom is 0.250 e. The van der Waals surface area contributed by atoms with Crippen LogP contribution in [-0.2, 0) is 21.2 Å². The summed E-state index contributed by atoms with van der Waals surface area (Å²) in [5.74, 6) is 1.56. The minimum absolute atomic E-state index is 0.0947. The van der Waals surface area contributed by atoms with E-state index in [1.165, 1.54) is 11.3 Å². The minimum atomic E-state index is -3.46. The summed E-state index contributed by atoms with van der Waals surface area (Å²) < 4.78 is 38.4. The van der Waals surface area contributed by atoms with Crippen LogP contribution in [0.3, 0.4) is 0 Å². The number of piperidine rings is 1. The Hall–Kier alpha value is -2.10. The number of thiophene rings is 1. The topological polar surface area (TPSA) is 84.9 Å². The lowest BCUT2D eigenvalue weighted by Crippen LogP contribution is -2.46. The first-order valence-corrected chi connectivity index (χ1v) is 11.6. The first-order valence-electron chi connectivity index (χ1n) is 9.23. The molecule has 2 aliphatic heterocycles. The Morgan fingerprint density at radius 2 is 1.96 bits per heavy atom. The molecular weight excluding hydrogens is 400 g/mol. The number of nitrogens with zero attached hydrogens (tertiary/aromatic N) is 1. The van der Waals surface area contributed by atoms with Crippen molar-refractivity contribution in [3.8, 4) is 11.5 Å². The summed E-state index contributed by atoms with van der Waals surface area (Å²) in [6.07, 6.45) is 2.31. The first kappa shape index (κ1) is 19.2. The van der Waals surface area contributed by atoms with Crippen molar-refractivity contribution in [1.82, 2.24) is 9.62 Å². The fraction of sp³-hybridized carbons (Fsp3) is 0.421. The molecule has 28 heavy (non-hydrogen) atoms. The van der Waals surface area contributed by atoms with E-state index in [0.29, 0.717) is 43.0 Å². The Labute approximate surface area is 168 Å². The third-order valence-corrected chi connectivity index (χ3v) is 7.91. The van der Waals surface area contributed by atoms with Gasteiger partial charge in [-0.25, -0.2) is 13.1 Å². The molecule has 0 bridgehead atoms. The van der Waals surface area contributed by atoms with Gasteiger partial charge in [-0.1, -0.05) is 12.1 Å². The molecule has 1 N–H and O–H groups in total. The molecule has 150 valence electrons. The summed E-state index contributed by atoms with van der Waals surface area (Å²) in [6.45, 7) is 1.37. The second-order valence-corrected chi connectivity index (χ2v) is 9.78. The lowest BCUT2D eigenvalue weighted by molar-refractivity contribution is -0.132. The molecule has 4 rings (SSSR count). The Balaban J connectivity index is 1.25. The SMILES string of the molecule is O=C(CCc1ccc2c(c1)OCO2)N1CCC(NS(=O)(=O)c2cccs2)CC1. The van der Waals surface area contributed by atoms with E-state index < -0.39 is 10.0 Å². The summed E-state index contributed by atoms with van der Waals surface area (Å²) in [4.78, 5) is 14.3. The Morgan fingerprint density at radius 3 is 2.71 bits per heavy atom. The van der Waals surface area contributed by atoms with Crippen LogP contribution < -0.4 is 14.2 Å². The molecule has 1 saturated heterocycles. The average Bonchev–Trinajstić information content (AvgIpc) is 3.38. The minimum Gasteiger partial charge on any atom is -0.454 e. The molecule has 2 aromatic rings. The maximum absolute atomic E-state index is 12.5. The number of rotatable bonds is 6. The number of hydrogen-bond donors (Lipinski definition) is 1. The molecule has 0 atom stereocenters. The molecule has 1 fully saturated rings. The number of aryl methyl sites for hydroxylation is 1. The van der Waals surface area contributed by atoms with E-state index in [1.807, 2.05) is 23.1 Å². The Bertz CT molecular complexity index is 935. The normalized spacial score (nSPS) is 17.1. The van der Waals surface area contributed by atoms with E-state index in [2.05, 4.69) is 4.72 Å². The van der Waals surface area contributed by atoms with Gasteiger partial charge in [-0.15, -0.1) is 11.3 Å². The molecule has 0 saturated carbocycles. The third-order valence-electron chi connectivity index (χ3n) is 4.99. The molecule has 0 unspecified atom stereocenters. The zero-order valence-corrected chi connectivity index (χ0v) is 16.9. The van der Waals surface area contributed by atoms with Crippen LogP contribution in [0, 0.1) is 0 Å². The number of carbonyl (C=O) groups is 1. The standard InChI is InChI=1S/C19H22N2O5S2/c22-18(6-4-14-3-5-16-17(12-14)26-13-25-16)21-9-7-15(8-10-21)20-28(23,24)19-2-1-11-27-19/h1-3,5,11-12,15,20H,4,6-10,13H2. The second-order valence-electron chi connectivity index (χ2n) is 6.90. The van der Waals surface area contributed by atoms with Crippen molar-refractivity contribution >= 4 is 27.3 Å². The van der Waals surface area contributed by atoms with Crippen molar-refractivity contribution in [2.45, 2.75) is 35.9 Å². The van der Waals surface area contributed by atoms with Gasteiger partial charge in [0, 0.05) is 25.6 Å². The van der Waals surface area contributed by atoms with Gasteiger partial charge in [-0.3, -0.25) is 4.79 Å². The van der Waals surface area contributed by atoms with E-state index in [9.17, 15) is 13.2 Å². The van der Waals surface area contributed by atoms with Gasteiger partial charge in [0.25, 0.3) is 0 Å². The number of sulfonamides is 1. The molecular formula is C19H22N2O5S2. The van der Waals surface area contributed by atoms with Crippen LogP contribution in [0.5, 0.6) is 11.5 Å². The largest absolute Gasteiger partial charge is 0.454 e. The summed E-state index contributed by atoms with van der Waals surface area (Å²) in [5, 5.41) is 1.75. The quantitative estimate of drug-likeness (QED) is 0.773. The summed E-state index contributed by atoms with van der Waals surface area (Å²) in [6, 6.07) is 8.92. The summed E-state index contributed by atoms with van der Waals surface area (Å²) in [5.41, 5.74) is 1.04. The van der Waals surface area contributed by atoms with Crippen LogP contribution in [0.25, 0.3) is 0 Å². The van der Waals surface area contributed by atoms with Crippen LogP contribution in [0.15, 0.2) is 39.9 Å². The van der Waals surface area contributed by atoms with E-state index >= 15 is 0 Å². The molecule has 9 heteroatoms. The number of benzene rings is 1. The van der Waals surface area contributed by atoms with Crippen molar-refractivity contribution in [2.75, 3.05) is 19.9 Å². The average molecular weight is 423 g/mol. The number of ether oxygens (including phenoxy) is 2. The smallest absolute Gasteiger partial charge is 0.250 e. The fourth-order valence-corrected chi connectivity index (χ4v) is 5.76. The van der Waals surface area contributed by atoms with Crippen LogP contribution in [-0.4, -0.2) is 45.1 Å². The molecule has 0 aliphatic carbocycles. The number of likely N-dealkylation sites (tertiary alicyclic amines) is 1. The molecule has 0 radical (unpaired) electrons. The zero-order chi connectivity index (χ0) is 19.6. The van der Waals surface area contributed by atoms with Crippen molar-refractivity contribution < 1.29 is 22.7 Å². The van der Waals surface area contributed by atoms with Gasteiger partial charge < -0.3 is 14.4 Å². The van der Waals surface area contributed by atoms with E-state index in [-0.39, 0.29) is 18.7 Å². The lowest BCUT2D eigenvalue weighted by Gasteiger charge is -2.32. The third kappa shape index (κ3) is 4.31. The van der Waals surface area contributed by atoms with Gasteiger partial charge >= 0.3 is 0 Å². The highest BCUT2D eigenvalue weighted by Crippen LogP contribution is 2.32. The highest BCUT2D eigenvalue weighted by Gasteiger charge is 2.27. The Morgan fingerprint density at radius 1 is 1.18 bits per heavy atom. The van der Waals surface area contributed by atoms with Crippen LogP contribution in [0.2, 0.25) is 0 Å². The van der Waals surface area contributed by atoms with Crippen molar-refractivity contribution in [3.63, 3.8) is 0 Å². The fourth-order valence-electron chi connectivity index (χ4n) is 3.45. The van der Waals surface area contributed by atoms with E-state index in [1.54, 1.807) is 17.5 Å². The van der Waals surface area contributed by atoms with Crippen molar-refractivity contribution in [1.29, 1.82) is 0 Å². The number of carbonyl (C=O) groups excluding carboxylic acids is 1. The van der Waals surface area contributed by atoms with Gasteiger partial charge in [0.05, 0.1) is 0 Å². The highest BCUT2D eigenvalue weighted by atomic mass is 32.2.